The van der Waals surface area contributed by atoms with E-state index in [9.17, 15) is 18.0 Å². The maximum Gasteiger partial charge on any atom is 0.257 e. The van der Waals surface area contributed by atoms with Crippen LogP contribution in [0.3, 0.4) is 0 Å². The predicted octanol–water partition coefficient (Wildman–Crippen LogP) is 3.44. The molecule has 0 radical (unpaired) electrons. The van der Waals surface area contributed by atoms with Gasteiger partial charge >= 0.3 is 0 Å². The van der Waals surface area contributed by atoms with Crippen LogP contribution in [0.25, 0.3) is 0 Å². The highest BCUT2D eigenvalue weighted by atomic mass is 35.5. The quantitative estimate of drug-likeness (QED) is 0.425. The van der Waals surface area contributed by atoms with Crippen LogP contribution in [0.5, 0.6) is 0 Å². The number of hydrogen-bond donors (Lipinski definition) is 3. The zero-order valence-electron chi connectivity index (χ0n) is 18.3. The van der Waals surface area contributed by atoms with E-state index in [-0.39, 0.29) is 27.4 Å². The van der Waals surface area contributed by atoms with Gasteiger partial charge in [-0.3, -0.25) is 9.59 Å². The molecule has 0 aliphatic heterocycles. The fraction of sp³-hybridized carbons (Fsp3) is 0.364. The average Bonchev–Trinajstić information content (AvgIpc) is 2.72. The molecule has 0 saturated heterocycles. The number of sulfonamides is 1. The van der Waals surface area contributed by atoms with Gasteiger partial charge in [-0.15, -0.1) is 0 Å². The number of ether oxygens (including phenoxy) is 1. The van der Waals surface area contributed by atoms with Gasteiger partial charge in [0.05, 0.1) is 15.5 Å². The third kappa shape index (κ3) is 7.59. The van der Waals surface area contributed by atoms with Crippen LogP contribution in [0.1, 0.15) is 47.9 Å². The Labute approximate surface area is 193 Å². The molecule has 0 unspecified atom stereocenters. The lowest BCUT2D eigenvalue weighted by molar-refractivity contribution is 0.0943. The van der Waals surface area contributed by atoms with Crippen molar-refractivity contribution in [2.24, 2.45) is 0 Å². The summed E-state index contributed by atoms with van der Waals surface area (Å²) in [5, 5.41) is 5.56. The number of rotatable bonds is 11. The Hall–Kier alpha value is -2.46. The smallest absolute Gasteiger partial charge is 0.257 e. The highest BCUT2D eigenvalue weighted by Crippen LogP contribution is 2.22. The summed E-state index contributed by atoms with van der Waals surface area (Å²) in [6.07, 6.45) is 0.694. The number of carbonyl (C=O) groups is 2. The predicted molar refractivity (Wildman–Crippen MR) is 125 cm³/mol. The van der Waals surface area contributed by atoms with Crippen molar-refractivity contribution in [2.45, 2.75) is 38.1 Å². The summed E-state index contributed by atoms with van der Waals surface area (Å²) in [5.41, 5.74) is 0.758. The third-order valence-electron chi connectivity index (χ3n) is 4.22. The van der Waals surface area contributed by atoms with Gasteiger partial charge < -0.3 is 15.4 Å². The van der Waals surface area contributed by atoms with Gasteiger partial charge in [-0.05, 0) is 63.6 Å². The second kappa shape index (κ2) is 12.0. The Morgan fingerprint density at radius 2 is 1.84 bits per heavy atom. The van der Waals surface area contributed by atoms with Gasteiger partial charge in [-0.1, -0.05) is 17.7 Å². The van der Waals surface area contributed by atoms with Crippen LogP contribution in [0.2, 0.25) is 5.02 Å². The Morgan fingerprint density at radius 1 is 1.09 bits per heavy atom. The van der Waals surface area contributed by atoms with Gasteiger partial charge in [-0.25, -0.2) is 13.1 Å². The fourth-order valence-corrected chi connectivity index (χ4v) is 4.26. The van der Waals surface area contributed by atoms with Gasteiger partial charge in [0.2, 0.25) is 10.0 Å². The summed E-state index contributed by atoms with van der Waals surface area (Å²) < 4.78 is 32.5. The Kier molecular flexibility index (Phi) is 9.64. The first-order chi connectivity index (χ1) is 15.1. The lowest BCUT2D eigenvalue weighted by Crippen LogP contribution is -2.30. The van der Waals surface area contributed by atoms with Crippen molar-refractivity contribution in [3.05, 3.63) is 58.6 Å². The number of carbonyl (C=O) groups excluding carboxylic acids is 2. The van der Waals surface area contributed by atoms with Crippen LogP contribution in [0.15, 0.2) is 47.4 Å². The number of amides is 2. The van der Waals surface area contributed by atoms with E-state index in [2.05, 4.69) is 15.4 Å². The highest BCUT2D eigenvalue weighted by molar-refractivity contribution is 7.89. The second-order valence-corrected chi connectivity index (χ2v) is 9.38. The number of halogens is 1. The standard InChI is InChI=1S/C22H28ClN3O5S/c1-4-31-12-6-11-24-21(27)16-7-5-8-17(13-16)25-22(28)19-14-18(9-10-20(19)23)32(29,30)26-15(2)3/h5,7-10,13-15,26H,4,6,11-12H2,1-3H3,(H,24,27)(H,25,28). The van der Waals surface area contributed by atoms with Crippen LogP contribution in [-0.4, -0.2) is 46.0 Å². The largest absolute Gasteiger partial charge is 0.382 e. The molecule has 0 atom stereocenters. The van der Waals surface area contributed by atoms with Crippen molar-refractivity contribution >= 4 is 39.1 Å². The molecular formula is C22H28ClN3O5S. The first-order valence-corrected chi connectivity index (χ1v) is 12.1. The number of anilines is 1. The van der Waals surface area contributed by atoms with Gasteiger partial charge in [0.1, 0.15) is 0 Å². The number of benzene rings is 2. The summed E-state index contributed by atoms with van der Waals surface area (Å²) >= 11 is 6.14. The lowest BCUT2D eigenvalue weighted by atomic mass is 10.1. The van der Waals surface area contributed by atoms with Crippen LogP contribution in [0, 0.1) is 0 Å². The Balaban J connectivity index is 2.12. The first-order valence-electron chi connectivity index (χ1n) is 10.2. The van der Waals surface area contributed by atoms with E-state index < -0.39 is 15.9 Å². The summed E-state index contributed by atoms with van der Waals surface area (Å²) in [5.74, 6) is -0.866. The summed E-state index contributed by atoms with van der Waals surface area (Å²) in [6.45, 7) is 6.96. The Bertz CT molecular complexity index is 1060. The molecule has 2 rings (SSSR count). The van der Waals surface area contributed by atoms with E-state index in [1.807, 2.05) is 6.92 Å². The number of nitrogens with one attached hydrogen (secondary N) is 3. The molecule has 2 amide bonds. The molecule has 10 heteroatoms. The minimum atomic E-state index is -3.79. The number of hydrogen-bond acceptors (Lipinski definition) is 5. The van der Waals surface area contributed by atoms with Crippen LogP contribution < -0.4 is 15.4 Å². The Morgan fingerprint density at radius 3 is 2.53 bits per heavy atom. The minimum absolute atomic E-state index is 0.00377. The monoisotopic (exact) mass is 481 g/mol. The van der Waals surface area contributed by atoms with Crippen molar-refractivity contribution < 1.29 is 22.7 Å². The lowest BCUT2D eigenvalue weighted by Gasteiger charge is -2.12. The third-order valence-corrected chi connectivity index (χ3v) is 6.21. The molecule has 0 heterocycles. The van der Waals surface area contributed by atoms with E-state index in [0.717, 1.165) is 0 Å². The van der Waals surface area contributed by atoms with E-state index in [0.29, 0.717) is 37.4 Å². The van der Waals surface area contributed by atoms with Crippen LogP contribution in [0.4, 0.5) is 5.69 Å². The molecule has 0 saturated carbocycles. The molecule has 0 aromatic heterocycles. The van der Waals surface area contributed by atoms with Gasteiger partial charge in [0.15, 0.2) is 0 Å². The van der Waals surface area contributed by atoms with Gasteiger partial charge in [0.25, 0.3) is 11.8 Å². The zero-order valence-corrected chi connectivity index (χ0v) is 19.8. The minimum Gasteiger partial charge on any atom is -0.382 e. The van der Waals surface area contributed by atoms with Crippen molar-refractivity contribution in [1.29, 1.82) is 0 Å². The molecule has 0 fully saturated rings. The molecule has 32 heavy (non-hydrogen) atoms. The molecule has 174 valence electrons. The summed E-state index contributed by atoms with van der Waals surface area (Å²) in [6, 6.07) is 10.0. The van der Waals surface area contributed by atoms with Crippen molar-refractivity contribution in [3.8, 4) is 0 Å². The summed E-state index contributed by atoms with van der Waals surface area (Å²) in [4.78, 5) is 25.0. The molecular weight excluding hydrogens is 454 g/mol. The second-order valence-electron chi connectivity index (χ2n) is 7.26. The van der Waals surface area contributed by atoms with E-state index in [1.54, 1.807) is 32.0 Å². The van der Waals surface area contributed by atoms with Gasteiger partial charge in [0, 0.05) is 37.1 Å². The first kappa shape index (κ1) is 25.8. The van der Waals surface area contributed by atoms with Gasteiger partial charge in [-0.2, -0.15) is 0 Å². The topological polar surface area (TPSA) is 114 Å². The average molecular weight is 482 g/mol. The highest BCUT2D eigenvalue weighted by Gasteiger charge is 2.20. The maximum absolute atomic E-state index is 12.8. The molecule has 0 aliphatic carbocycles. The van der Waals surface area contributed by atoms with E-state index >= 15 is 0 Å². The molecule has 0 aliphatic rings. The van der Waals surface area contributed by atoms with Crippen LogP contribution >= 0.6 is 11.6 Å². The zero-order chi connectivity index (χ0) is 23.7. The fourth-order valence-electron chi connectivity index (χ4n) is 2.78. The van der Waals surface area contributed by atoms with Crippen LogP contribution in [-0.2, 0) is 14.8 Å². The van der Waals surface area contributed by atoms with E-state index in [4.69, 9.17) is 16.3 Å². The molecule has 3 N–H and O–H groups in total. The SMILES string of the molecule is CCOCCCNC(=O)c1cccc(NC(=O)c2cc(S(=O)(=O)NC(C)C)ccc2Cl)c1. The molecule has 0 bridgehead atoms. The van der Waals surface area contributed by atoms with Crippen molar-refractivity contribution in [3.63, 3.8) is 0 Å². The van der Waals surface area contributed by atoms with Crippen molar-refractivity contribution in [2.75, 3.05) is 25.1 Å². The molecule has 2 aromatic rings. The maximum atomic E-state index is 12.8. The van der Waals surface area contributed by atoms with Crippen molar-refractivity contribution in [1.82, 2.24) is 10.0 Å². The normalized spacial score (nSPS) is 11.4. The molecule has 2 aromatic carbocycles. The molecule has 0 spiro atoms. The summed E-state index contributed by atoms with van der Waals surface area (Å²) in [7, 11) is -3.79. The molecule has 8 nitrogen and oxygen atoms in total. The van der Waals surface area contributed by atoms with E-state index in [1.165, 1.54) is 24.3 Å².